The fourth-order valence-corrected chi connectivity index (χ4v) is 1.97. The lowest BCUT2D eigenvalue weighted by Gasteiger charge is -2.10. The largest absolute Gasteiger partial charge is 0.368 e. The SMILES string of the molecule is CCc1nc(CC)n(C(=O)c2cccc(NC(C)C)n2)n1. The fraction of sp³-hybridized carbons (Fsp3) is 0.467. The summed E-state index contributed by atoms with van der Waals surface area (Å²) >= 11 is 0. The topological polar surface area (TPSA) is 72.7 Å². The molecular weight excluding hydrogens is 266 g/mol. The lowest BCUT2D eigenvalue weighted by atomic mass is 10.3. The van der Waals surface area contributed by atoms with Crippen molar-refractivity contribution in [1.29, 1.82) is 0 Å². The van der Waals surface area contributed by atoms with E-state index in [2.05, 4.69) is 20.4 Å². The second-order valence-electron chi connectivity index (χ2n) is 5.08. The molecule has 0 saturated carbocycles. The van der Waals surface area contributed by atoms with E-state index >= 15 is 0 Å². The van der Waals surface area contributed by atoms with E-state index in [0.717, 1.165) is 0 Å². The Bertz CT molecular complexity index is 633. The van der Waals surface area contributed by atoms with E-state index in [-0.39, 0.29) is 11.9 Å². The number of aromatic nitrogens is 4. The molecule has 2 rings (SSSR count). The predicted octanol–water partition coefficient (Wildman–Crippen LogP) is 2.31. The van der Waals surface area contributed by atoms with Gasteiger partial charge < -0.3 is 5.32 Å². The first-order valence-corrected chi connectivity index (χ1v) is 7.28. The molecule has 0 fully saturated rings. The molecule has 0 radical (unpaired) electrons. The van der Waals surface area contributed by atoms with Gasteiger partial charge in [-0.15, -0.1) is 5.10 Å². The highest BCUT2D eigenvalue weighted by molar-refractivity contribution is 5.94. The Morgan fingerprint density at radius 1 is 1.24 bits per heavy atom. The number of nitrogens with one attached hydrogen (secondary N) is 1. The minimum atomic E-state index is -0.244. The van der Waals surface area contributed by atoms with Gasteiger partial charge >= 0.3 is 0 Å². The number of hydrogen-bond acceptors (Lipinski definition) is 5. The minimum absolute atomic E-state index is 0.244. The molecule has 0 unspecified atom stereocenters. The van der Waals surface area contributed by atoms with E-state index in [1.807, 2.05) is 39.8 Å². The number of hydrogen-bond donors (Lipinski definition) is 1. The molecule has 1 N–H and O–H groups in total. The third-order valence-corrected chi connectivity index (χ3v) is 2.95. The zero-order valence-electron chi connectivity index (χ0n) is 12.9. The van der Waals surface area contributed by atoms with Crippen LogP contribution in [-0.4, -0.2) is 31.7 Å². The summed E-state index contributed by atoms with van der Waals surface area (Å²) in [6.45, 7) is 7.97. The second kappa shape index (κ2) is 6.47. The van der Waals surface area contributed by atoms with Crippen molar-refractivity contribution in [2.45, 2.75) is 46.6 Å². The molecule has 0 amide bonds. The van der Waals surface area contributed by atoms with Crippen LogP contribution in [0.1, 0.15) is 49.8 Å². The van der Waals surface area contributed by atoms with Gasteiger partial charge in [-0.05, 0) is 26.0 Å². The summed E-state index contributed by atoms with van der Waals surface area (Å²) in [6, 6.07) is 5.61. The first-order chi connectivity index (χ1) is 10.0. The van der Waals surface area contributed by atoms with E-state index in [0.29, 0.717) is 36.0 Å². The maximum atomic E-state index is 12.6. The van der Waals surface area contributed by atoms with Crippen LogP contribution in [0.15, 0.2) is 18.2 Å². The van der Waals surface area contributed by atoms with Gasteiger partial charge in [-0.2, -0.15) is 4.68 Å². The Hall–Kier alpha value is -2.24. The van der Waals surface area contributed by atoms with Gasteiger partial charge in [0.25, 0.3) is 5.91 Å². The molecule has 2 aromatic heterocycles. The van der Waals surface area contributed by atoms with Crippen molar-refractivity contribution >= 4 is 11.7 Å². The molecule has 0 aliphatic heterocycles. The maximum Gasteiger partial charge on any atom is 0.298 e. The smallest absolute Gasteiger partial charge is 0.298 e. The van der Waals surface area contributed by atoms with E-state index in [1.54, 1.807) is 6.07 Å². The summed E-state index contributed by atoms with van der Waals surface area (Å²) in [7, 11) is 0. The van der Waals surface area contributed by atoms with Crippen LogP contribution in [0.5, 0.6) is 0 Å². The molecule has 0 aliphatic rings. The van der Waals surface area contributed by atoms with Crippen molar-refractivity contribution in [3.05, 3.63) is 35.5 Å². The lowest BCUT2D eigenvalue weighted by Crippen LogP contribution is -2.19. The minimum Gasteiger partial charge on any atom is -0.368 e. The van der Waals surface area contributed by atoms with E-state index in [4.69, 9.17) is 0 Å². The predicted molar refractivity (Wildman–Crippen MR) is 81.5 cm³/mol. The van der Waals surface area contributed by atoms with Gasteiger partial charge in [-0.25, -0.2) is 9.97 Å². The molecule has 2 heterocycles. The number of carbonyl (C=O) groups excluding carboxylic acids is 1. The standard InChI is InChI=1S/C15H21N5O/c1-5-12-18-14(6-2)20(19-12)15(21)11-8-7-9-13(17-11)16-10(3)4/h7-10H,5-6H2,1-4H3,(H,16,17). The third kappa shape index (κ3) is 3.45. The molecular formula is C15H21N5O. The highest BCUT2D eigenvalue weighted by Gasteiger charge is 2.17. The van der Waals surface area contributed by atoms with E-state index in [9.17, 15) is 4.79 Å². The molecule has 0 saturated heterocycles. The van der Waals surface area contributed by atoms with Gasteiger partial charge in [0.05, 0.1) is 0 Å². The zero-order chi connectivity index (χ0) is 15.4. The van der Waals surface area contributed by atoms with E-state index in [1.165, 1.54) is 4.68 Å². The van der Waals surface area contributed by atoms with Gasteiger partial charge in [0.2, 0.25) is 0 Å². The molecule has 6 heteroatoms. The van der Waals surface area contributed by atoms with Crippen molar-refractivity contribution in [2.75, 3.05) is 5.32 Å². The van der Waals surface area contributed by atoms with Gasteiger partial charge in [0.1, 0.15) is 17.3 Å². The zero-order valence-corrected chi connectivity index (χ0v) is 12.9. The van der Waals surface area contributed by atoms with Crippen molar-refractivity contribution in [3.8, 4) is 0 Å². The van der Waals surface area contributed by atoms with Gasteiger partial charge in [0, 0.05) is 18.9 Å². The number of anilines is 1. The van der Waals surface area contributed by atoms with Crippen LogP contribution in [0, 0.1) is 0 Å². The van der Waals surface area contributed by atoms with Gasteiger partial charge in [0.15, 0.2) is 5.82 Å². The van der Waals surface area contributed by atoms with Crippen LogP contribution in [-0.2, 0) is 12.8 Å². The summed E-state index contributed by atoms with van der Waals surface area (Å²) in [5, 5.41) is 7.45. The number of aryl methyl sites for hydroxylation is 2. The molecule has 0 atom stereocenters. The van der Waals surface area contributed by atoms with Gasteiger partial charge in [-0.3, -0.25) is 4.79 Å². The molecule has 2 aromatic rings. The Balaban J connectivity index is 2.33. The number of pyridine rings is 1. The highest BCUT2D eigenvalue weighted by atomic mass is 16.2. The van der Waals surface area contributed by atoms with Crippen LogP contribution in [0.3, 0.4) is 0 Å². The van der Waals surface area contributed by atoms with Crippen LogP contribution in [0.4, 0.5) is 5.82 Å². The van der Waals surface area contributed by atoms with E-state index < -0.39 is 0 Å². The highest BCUT2D eigenvalue weighted by Crippen LogP contribution is 2.09. The Kier molecular flexibility index (Phi) is 4.67. The molecule has 0 spiro atoms. The summed E-state index contributed by atoms with van der Waals surface area (Å²) < 4.78 is 1.36. The lowest BCUT2D eigenvalue weighted by molar-refractivity contribution is 0.0936. The summed E-state index contributed by atoms with van der Waals surface area (Å²) in [5.41, 5.74) is 0.364. The fourth-order valence-electron chi connectivity index (χ4n) is 1.97. The second-order valence-corrected chi connectivity index (χ2v) is 5.08. The Labute approximate surface area is 124 Å². The number of rotatable bonds is 5. The molecule has 0 bridgehead atoms. The molecule has 0 aliphatic carbocycles. The Morgan fingerprint density at radius 2 is 2.00 bits per heavy atom. The monoisotopic (exact) mass is 287 g/mol. The van der Waals surface area contributed by atoms with Crippen molar-refractivity contribution in [1.82, 2.24) is 19.7 Å². The number of carbonyl (C=O) groups is 1. The van der Waals surface area contributed by atoms with Crippen LogP contribution >= 0.6 is 0 Å². The summed E-state index contributed by atoms with van der Waals surface area (Å²) in [5.74, 6) is 1.79. The average molecular weight is 287 g/mol. The van der Waals surface area contributed by atoms with Crippen molar-refractivity contribution in [3.63, 3.8) is 0 Å². The molecule has 0 aromatic carbocycles. The quantitative estimate of drug-likeness (QED) is 0.913. The summed E-state index contributed by atoms with van der Waals surface area (Å²) in [6.07, 6.45) is 1.36. The van der Waals surface area contributed by atoms with Crippen molar-refractivity contribution in [2.24, 2.45) is 0 Å². The van der Waals surface area contributed by atoms with Crippen molar-refractivity contribution < 1.29 is 4.79 Å². The summed E-state index contributed by atoms with van der Waals surface area (Å²) in [4.78, 5) is 21.3. The molecule has 21 heavy (non-hydrogen) atoms. The Morgan fingerprint density at radius 3 is 2.62 bits per heavy atom. The maximum absolute atomic E-state index is 12.6. The first-order valence-electron chi connectivity index (χ1n) is 7.28. The first kappa shape index (κ1) is 15.2. The van der Waals surface area contributed by atoms with Crippen LogP contribution in [0.2, 0.25) is 0 Å². The average Bonchev–Trinajstić information content (AvgIpc) is 2.89. The molecule has 112 valence electrons. The van der Waals surface area contributed by atoms with Gasteiger partial charge in [-0.1, -0.05) is 19.9 Å². The van der Waals surface area contributed by atoms with Crippen LogP contribution < -0.4 is 5.32 Å². The number of nitrogens with zero attached hydrogens (tertiary/aromatic N) is 4. The third-order valence-electron chi connectivity index (χ3n) is 2.95. The normalized spacial score (nSPS) is 10.9. The van der Waals surface area contributed by atoms with Crippen LogP contribution in [0.25, 0.3) is 0 Å². The molecule has 6 nitrogen and oxygen atoms in total.